The average molecular weight is 453 g/mol. The van der Waals surface area contributed by atoms with Gasteiger partial charge in [0.15, 0.2) is 9.84 Å². The highest BCUT2D eigenvalue weighted by Gasteiger charge is 2.25. The molecule has 164 valence electrons. The number of rotatable bonds is 7. The van der Waals surface area contributed by atoms with Gasteiger partial charge in [0.05, 0.1) is 22.9 Å². The highest BCUT2D eigenvalue weighted by atomic mass is 32.2. The van der Waals surface area contributed by atoms with E-state index in [4.69, 9.17) is 0 Å². The van der Waals surface area contributed by atoms with Crippen molar-refractivity contribution in [1.82, 2.24) is 5.32 Å². The molecule has 1 N–H and O–H groups in total. The van der Waals surface area contributed by atoms with Crippen molar-refractivity contribution in [3.05, 3.63) is 58.7 Å². The van der Waals surface area contributed by atoms with Crippen molar-refractivity contribution in [3.8, 4) is 0 Å². The number of nitrogens with zero attached hydrogens (tertiary/aromatic N) is 1. The summed E-state index contributed by atoms with van der Waals surface area (Å²) in [5.41, 5.74) is 3.77. The van der Waals surface area contributed by atoms with Crippen molar-refractivity contribution in [2.75, 3.05) is 23.4 Å². The topological polar surface area (TPSA) is 101 Å². The Hall–Kier alpha value is -2.39. The molecule has 0 aliphatic rings. The van der Waals surface area contributed by atoms with E-state index in [2.05, 4.69) is 5.32 Å². The van der Waals surface area contributed by atoms with Gasteiger partial charge >= 0.3 is 0 Å². The zero-order valence-electron chi connectivity index (χ0n) is 18.1. The second kappa shape index (κ2) is 8.77. The number of nitrogens with one attached hydrogen (secondary N) is 1. The fourth-order valence-corrected chi connectivity index (χ4v) is 5.03. The minimum atomic E-state index is -3.69. The van der Waals surface area contributed by atoms with Gasteiger partial charge in [-0.15, -0.1) is 0 Å². The SMILES string of the molecule is Cc1cc(C)c(N(CC(=O)N[C@@H](C)c2ccc(S(C)(=O)=O)cc2)S(C)(=O)=O)c(C)c1. The van der Waals surface area contributed by atoms with Crippen molar-refractivity contribution in [3.63, 3.8) is 0 Å². The largest absolute Gasteiger partial charge is 0.348 e. The Morgan fingerprint density at radius 1 is 0.967 bits per heavy atom. The summed E-state index contributed by atoms with van der Waals surface area (Å²) >= 11 is 0. The highest BCUT2D eigenvalue weighted by Crippen LogP contribution is 2.28. The predicted octanol–water partition coefficient (Wildman–Crippen LogP) is 2.66. The van der Waals surface area contributed by atoms with Crippen LogP contribution in [0.5, 0.6) is 0 Å². The van der Waals surface area contributed by atoms with E-state index in [1.54, 1.807) is 19.1 Å². The van der Waals surface area contributed by atoms with Crippen molar-refractivity contribution < 1.29 is 21.6 Å². The Morgan fingerprint density at radius 3 is 1.90 bits per heavy atom. The van der Waals surface area contributed by atoms with Crippen LogP contribution in [0.15, 0.2) is 41.3 Å². The van der Waals surface area contributed by atoms with Crippen molar-refractivity contribution in [2.24, 2.45) is 0 Å². The van der Waals surface area contributed by atoms with Crippen LogP contribution in [0.2, 0.25) is 0 Å². The van der Waals surface area contributed by atoms with Gasteiger partial charge in [-0.2, -0.15) is 0 Å². The van der Waals surface area contributed by atoms with Crippen LogP contribution in [0, 0.1) is 20.8 Å². The van der Waals surface area contributed by atoms with E-state index in [0.29, 0.717) is 11.3 Å². The first-order chi connectivity index (χ1) is 13.7. The summed E-state index contributed by atoms with van der Waals surface area (Å²) in [4.78, 5) is 12.9. The number of anilines is 1. The summed E-state index contributed by atoms with van der Waals surface area (Å²) in [5, 5.41) is 2.78. The van der Waals surface area contributed by atoms with Gasteiger partial charge in [0.2, 0.25) is 15.9 Å². The van der Waals surface area contributed by atoms with Crippen LogP contribution in [0.1, 0.15) is 35.2 Å². The van der Waals surface area contributed by atoms with Gasteiger partial charge in [-0.05, 0) is 56.5 Å². The molecular formula is C21H28N2O5S2. The Kier molecular flexibility index (Phi) is 6.98. The molecule has 0 fully saturated rings. The van der Waals surface area contributed by atoms with Gasteiger partial charge in [-0.1, -0.05) is 29.8 Å². The summed E-state index contributed by atoms with van der Waals surface area (Å²) in [5.74, 6) is -0.459. The Labute approximate surface area is 179 Å². The lowest BCUT2D eigenvalue weighted by Crippen LogP contribution is -2.41. The first-order valence-corrected chi connectivity index (χ1v) is 13.1. The molecular weight excluding hydrogens is 424 g/mol. The molecule has 9 heteroatoms. The van der Waals surface area contributed by atoms with Crippen molar-refractivity contribution >= 4 is 31.5 Å². The predicted molar refractivity (Wildman–Crippen MR) is 119 cm³/mol. The number of carbonyl (C=O) groups is 1. The van der Waals surface area contributed by atoms with Crippen LogP contribution in [-0.4, -0.2) is 41.8 Å². The normalized spacial score (nSPS) is 13.0. The molecule has 1 atom stereocenters. The lowest BCUT2D eigenvalue weighted by molar-refractivity contribution is -0.120. The summed E-state index contributed by atoms with van der Waals surface area (Å²) in [6, 6.07) is 9.56. The molecule has 30 heavy (non-hydrogen) atoms. The quantitative estimate of drug-likeness (QED) is 0.696. The van der Waals surface area contributed by atoms with E-state index < -0.39 is 31.8 Å². The minimum absolute atomic E-state index is 0.193. The number of hydrogen-bond donors (Lipinski definition) is 1. The minimum Gasteiger partial charge on any atom is -0.348 e. The number of benzene rings is 2. The molecule has 0 aliphatic heterocycles. The molecule has 0 aromatic heterocycles. The average Bonchev–Trinajstić information content (AvgIpc) is 2.58. The number of amides is 1. The molecule has 0 radical (unpaired) electrons. The van der Waals surface area contributed by atoms with Gasteiger partial charge in [0.25, 0.3) is 0 Å². The Morgan fingerprint density at radius 2 is 1.47 bits per heavy atom. The number of aryl methyl sites for hydroxylation is 3. The van der Waals surface area contributed by atoms with Gasteiger partial charge in [0, 0.05) is 6.26 Å². The maximum atomic E-state index is 12.7. The monoisotopic (exact) mass is 452 g/mol. The molecule has 0 saturated heterocycles. The summed E-state index contributed by atoms with van der Waals surface area (Å²) in [6.45, 7) is 6.96. The van der Waals surface area contributed by atoms with E-state index >= 15 is 0 Å². The van der Waals surface area contributed by atoms with E-state index in [1.807, 2.05) is 32.9 Å². The van der Waals surface area contributed by atoms with Crippen LogP contribution in [0.25, 0.3) is 0 Å². The van der Waals surface area contributed by atoms with Gasteiger partial charge in [-0.25, -0.2) is 16.8 Å². The number of carbonyl (C=O) groups excluding carboxylic acids is 1. The zero-order valence-corrected chi connectivity index (χ0v) is 19.7. The maximum Gasteiger partial charge on any atom is 0.241 e. The third-order valence-electron chi connectivity index (χ3n) is 4.76. The fourth-order valence-electron chi connectivity index (χ4n) is 3.43. The Bertz CT molecular complexity index is 1130. The Balaban J connectivity index is 2.23. The molecule has 0 aliphatic carbocycles. The van der Waals surface area contributed by atoms with Crippen LogP contribution in [-0.2, 0) is 24.7 Å². The third-order valence-corrected chi connectivity index (χ3v) is 7.00. The molecule has 0 heterocycles. The van der Waals surface area contributed by atoms with E-state index in [9.17, 15) is 21.6 Å². The summed E-state index contributed by atoms with van der Waals surface area (Å²) in [6.07, 6.45) is 2.20. The maximum absolute atomic E-state index is 12.7. The molecule has 0 unspecified atom stereocenters. The van der Waals surface area contributed by atoms with E-state index in [1.165, 1.54) is 12.1 Å². The molecule has 2 aromatic rings. The molecule has 0 spiro atoms. The van der Waals surface area contributed by atoms with Gasteiger partial charge < -0.3 is 5.32 Å². The standard InChI is InChI=1S/C21H28N2O5S2/c1-14-11-15(2)21(16(3)12-14)23(30(6,27)28)13-20(24)22-17(4)18-7-9-19(10-8-18)29(5,25)26/h7-12,17H,13H2,1-6H3,(H,22,24)/t17-/m0/s1. The van der Waals surface area contributed by atoms with Gasteiger partial charge in [0.1, 0.15) is 6.54 Å². The third kappa shape index (κ3) is 5.82. The number of sulfonamides is 1. The van der Waals surface area contributed by atoms with E-state index in [-0.39, 0.29) is 11.4 Å². The zero-order chi connectivity index (χ0) is 22.9. The number of hydrogen-bond acceptors (Lipinski definition) is 5. The van der Waals surface area contributed by atoms with Gasteiger partial charge in [-0.3, -0.25) is 9.10 Å². The first kappa shape index (κ1) is 23.9. The van der Waals surface area contributed by atoms with Crippen LogP contribution in [0.3, 0.4) is 0 Å². The molecule has 7 nitrogen and oxygen atoms in total. The summed E-state index contributed by atoms with van der Waals surface area (Å²) in [7, 11) is -6.99. The summed E-state index contributed by atoms with van der Waals surface area (Å²) < 4.78 is 49.2. The van der Waals surface area contributed by atoms with Crippen molar-refractivity contribution in [1.29, 1.82) is 0 Å². The molecule has 2 aromatic carbocycles. The van der Waals surface area contributed by atoms with Crippen molar-refractivity contribution in [2.45, 2.75) is 38.6 Å². The van der Waals surface area contributed by atoms with Crippen LogP contribution in [0.4, 0.5) is 5.69 Å². The first-order valence-electron chi connectivity index (χ1n) is 9.35. The molecule has 0 bridgehead atoms. The second-order valence-corrected chi connectivity index (χ2v) is 11.6. The lowest BCUT2D eigenvalue weighted by atomic mass is 10.1. The van der Waals surface area contributed by atoms with E-state index in [0.717, 1.165) is 33.5 Å². The second-order valence-electron chi connectivity index (χ2n) is 7.65. The smallest absolute Gasteiger partial charge is 0.241 e. The van der Waals surface area contributed by atoms with Crippen LogP contribution < -0.4 is 9.62 Å². The van der Waals surface area contributed by atoms with Crippen LogP contribution >= 0.6 is 0 Å². The number of sulfone groups is 1. The highest BCUT2D eigenvalue weighted by molar-refractivity contribution is 7.92. The fraction of sp³-hybridized carbons (Fsp3) is 0.381. The molecule has 1 amide bonds. The molecule has 2 rings (SSSR count). The lowest BCUT2D eigenvalue weighted by Gasteiger charge is -2.26. The molecule has 0 saturated carbocycles.